The predicted molar refractivity (Wildman–Crippen MR) is 94.1 cm³/mol. The number of carboxylic acid groups (broad SMARTS) is 1. The van der Waals surface area contributed by atoms with Crippen LogP contribution in [0.1, 0.15) is 40.0 Å². The fourth-order valence-corrected chi connectivity index (χ4v) is 3.37. The average molecular weight is 364 g/mol. The number of nitrogens with one attached hydrogen (secondary N) is 2. The molecule has 0 aromatic rings. The van der Waals surface area contributed by atoms with Crippen LogP contribution in [0.3, 0.4) is 0 Å². The van der Waals surface area contributed by atoms with Crippen molar-refractivity contribution >= 4 is 30.2 Å². The van der Waals surface area contributed by atoms with Crippen LogP contribution in [0.4, 0.5) is 0 Å². The second-order valence-electron chi connectivity index (χ2n) is 6.39. The highest BCUT2D eigenvalue weighted by molar-refractivity contribution is 5.85. The zero-order valence-electron chi connectivity index (χ0n) is 14.9. The van der Waals surface area contributed by atoms with Crippen molar-refractivity contribution in [2.75, 3.05) is 20.1 Å². The molecule has 2 unspecified atom stereocenters. The molecule has 1 rings (SSSR count). The maximum Gasteiger partial charge on any atom is 0.320 e. The van der Waals surface area contributed by atoms with Crippen LogP contribution in [0.2, 0.25) is 0 Å². The predicted octanol–water partition coefficient (Wildman–Crippen LogP) is 0.870. The van der Waals surface area contributed by atoms with Gasteiger partial charge in [0.2, 0.25) is 11.8 Å². The summed E-state index contributed by atoms with van der Waals surface area (Å²) in [6.07, 6.45) is 2.19. The Hall–Kier alpha value is -1.34. The highest BCUT2D eigenvalue weighted by Gasteiger charge is 2.40. The van der Waals surface area contributed by atoms with E-state index in [9.17, 15) is 19.5 Å². The smallest absolute Gasteiger partial charge is 0.320 e. The van der Waals surface area contributed by atoms with Gasteiger partial charge < -0.3 is 15.7 Å². The number of carbonyl (C=O) groups excluding carboxylic acids is 2. The summed E-state index contributed by atoms with van der Waals surface area (Å²) in [6.45, 7) is 6.52. The normalized spacial score (nSPS) is 23.0. The van der Waals surface area contributed by atoms with Crippen LogP contribution < -0.4 is 10.6 Å². The first-order valence-electron chi connectivity index (χ1n) is 8.25. The van der Waals surface area contributed by atoms with E-state index < -0.39 is 12.0 Å². The molecule has 1 aliphatic rings. The lowest BCUT2D eigenvalue weighted by Crippen LogP contribution is -2.45. The van der Waals surface area contributed by atoms with Gasteiger partial charge in [-0.2, -0.15) is 0 Å². The SMILES string of the molecule is CCCC(CN1C[C@H](C(=O)NC)C[C@@H]1C(=O)O)C(C)NC(C)=O.Cl. The molecule has 1 heterocycles. The summed E-state index contributed by atoms with van der Waals surface area (Å²) in [5, 5.41) is 14.9. The lowest BCUT2D eigenvalue weighted by Gasteiger charge is -2.30. The minimum Gasteiger partial charge on any atom is -0.480 e. The van der Waals surface area contributed by atoms with Crippen LogP contribution in [-0.2, 0) is 14.4 Å². The summed E-state index contributed by atoms with van der Waals surface area (Å²) in [5.41, 5.74) is 0. The van der Waals surface area contributed by atoms with Crippen molar-refractivity contribution < 1.29 is 19.5 Å². The maximum absolute atomic E-state index is 11.8. The van der Waals surface area contributed by atoms with Crippen LogP contribution in [-0.4, -0.2) is 60.0 Å². The molecule has 0 aliphatic carbocycles. The second-order valence-corrected chi connectivity index (χ2v) is 6.39. The molecule has 7 nitrogen and oxygen atoms in total. The van der Waals surface area contributed by atoms with E-state index >= 15 is 0 Å². The molecule has 1 aliphatic heterocycles. The molecule has 2 amide bonds. The molecular formula is C16H30ClN3O4. The lowest BCUT2D eigenvalue weighted by atomic mass is 9.95. The Labute approximate surface area is 149 Å². The lowest BCUT2D eigenvalue weighted by molar-refractivity contribution is -0.142. The Bertz CT molecular complexity index is 447. The molecule has 0 radical (unpaired) electrons. The van der Waals surface area contributed by atoms with E-state index in [-0.39, 0.29) is 42.1 Å². The van der Waals surface area contributed by atoms with Crippen molar-refractivity contribution in [3.63, 3.8) is 0 Å². The van der Waals surface area contributed by atoms with E-state index in [2.05, 4.69) is 17.6 Å². The van der Waals surface area contributed by atoms with Crippen molar-refractivity contribution in [1.29, 1.82) is 0 Å². The summed E-state index contributed by atoms with van der Waals surface area (Å²) < 4.78 is 0. The zero-order chi connectivity index (χ0) is 17.6. The van der Waals surface area contributed by atoms with Gasteiger partial charge in [0, 0.05) is 33.1 Å². The van der Waals surface area contributed by atoms with Crippen molar-refractivity contribution in [2.24, 2.45) is 11.8 Å². The first-order chi connectivity index (χ1) is 10.8. The quantitative estimate of drug-likeness (QED) is 0.594. The topological polar surface area (TPSA) is 98.7 Å². The van der Waals surface area contributed by atoms with E-state index in [0.717, 1.165) is 12.8 Å². The monoisotopic (exact) mass is 363 g/mol. The number of hydrogen-bond acceptors (Lipinski definition) is 4. The van der Waals surface area contributed by atoms with Crippen molar-refractivity contribution in [2.45, 2.75) is 52.1 Å². The molecule has 1 saturated heterocycles. The molecule has 140 valence electrons. The summed E-state index contributed by atoms with van der Waals surface area (Å²) >= 11 is 0. The average Bonchev–Trinajstić information content (AvgIpc) is 2.89. The Balaban J connectivity index is 0.00000529. The van der Waals surface area contributed by atoms with Gasteiger partial charge in [0.15, 0.2) is 0 Å². The summed E-state index contributed by atoms with van der Waals surface area (Å²) in [4.78, 5) is 36.5. The van der Waals surface area contributed by atoms with Crippen LogP contribution in [0.25, 0.3) is 0 Å². The number of halogens is 1. The number of amides is 2. The number of nitrogens with zero attached hydrogens (tertiary/aromatic N) is 1. The number of carboxylic acids is 1. The standard InChI is InChI=1S/C16H29N3O4.ClH/c1-5-6-12(10(2)18-11(3)20)8-19-9-13(15(21)17-4)7-14(19)16(22)23;/h10,12-14H,5-9H2,1-4H3,(H,17,21)(H,18,20)(H,22,23);1H/t10?,12?,13-,14-;/m1./s1. The number of hydrogen-bond donors (Lipinski definition) is 3. The third kappa shape index (κ3) is 6.28. The zero-order valence-corrected chi connectivity index (χ0v) is 15.7. The number of rotatable bonds is 8. The van der Waals surface area contributed by atoms with Gasteiger partial charge >= 0.3 is 5.97 Å². The Kier molecular flexibility index (Phi) is 9.92. The first-order valence-corrected chi connectivity index (χ1v) is 8.25. The van der Waals surface area contributed by atoms with Gasteiger partial charge in [-0.25, -0.2) is 0 Å². The summed E-state index contributed by atoms with van der Waals surface area (Å²) in [6, 6.07) is -0.665. The van der Waals surface area contributed by atoms with Gasteiger partial charge in [-0.3, -0.25) is 19.3 Å². The molecule has 1 fully saturated rings. The van der Waals surface area contributed by atoms with Gasteiger partial charge in [-0.15, -0.1) is 12.4 Å². The molecule has 4 atom stereocenters. The molecule has 24 heavy (non-hydrogen) atoms. The van der Waals surface area contributed by atoms with E-state index in [0.29, 0.717) is 19.5 Å². The highest BCUT2D eigenvalue weighted by Crippen LogP contribution is 2.26. The molecule has 0 spiro atoms. The van der Waals surface area contributed by atoms with Gasteiger partial charge in [0.25, 0.3) is 0 Å². The van der Waals surface area contributed by atoms with Crippen molar-refractivity contribution in [3.8, 4) is 0 Å². The fraction of sp³-hybridized carbons (Fsp3) is 0.812. The molecule has 0 aromatic heterocycles. The van der Waals surface area contributed by atoms with Crippen LogP contribution in [0, 0.1) is 11.8 Å². The van der Waals surface area contributed by atoms with Crippen molar-refractivity contribution in [1.82, 2.24) is 15.5 Å². The minimum absolute atomic E-state index is 0. The molecule has 3 N–H and O–H groups in total. The third-order valence-corrected chi connectivity index (χ3v) is 4.57. The van der Waals surface area contributed by atoms with Gasteiger partial charge in [-0.05, 0) is 25.7 Å². The molecule has 0 aromatic carbocycles. The third-order valence-electron chi connectivity index (χ3n) is 4.57. The van der Waals surface area contributed by atoms with Gasteiger partial charge in [0.1, 0.15) is 6.04 Å². The molecular weight excluding hydrogens is 334 g/mol. The summed E-state index contributed by atoms with van der Waals surface area (Å²) in [5.74, 6) is -1.22. The van der Waals surface area contributed by atoms with E-state index in [1.165, 1.54) is 6.92 Å². The number of aliphatic carboxylic acids is 1. The van der Waals surface area contributed by atoms with Gasteiger partial charge in [-0.1, -0.05) is 13.3 Å². The Morgan fingerprint density at radius 2 is 1.96 bits per heavy atom. The second kappa shape index (κ2) is 10.5. The van der Waals surface area contributed by atoms with Crippen LogP contribution in [0.5, 0.6) is 0 Å². The van der Waals surface area contributed by atoms with E-state index in [4.69, 9.17) is 0 Å². The molecule has 8 heteroatoms. The number of carbonyl (C=O) groups is 3. The van der Waals surface area contributed by atoms with Gasteiger partial charge in [0.05, 0.1) is 5.92 Å². The fourth-order valence-electron chi connectivity index (χ4n) is 3.37. The van der Waals surface area contributed by atoms with E-state index in [1.54, 1.807) is 7.05 Å². The molecule has 0 bridgehead atoms. The maximum atomic E-state index is 11.8. The molecule has 0 saturated carbocycles. The number of likely N-dealkylation sites (tertiary alicyclic amines) is 1. The Morgan fingerprint density at radius 1 is 1.33 bits per heavy atom. The van der Waals surface area contributed by atoms with Crippen molar-refractivity contribution in [3.05, 3.63) is 0 Å². The largest absolute Gasteiger partial charge is 0.480 e. The van der Waals surface area contributed by atoms with E-state index in [1.807, 2.05) is 11.8 Å². The highest BCUT2D eigenvalue weighted by atomic mass is 35.5. The first kappa shape index (κ1) is 22.7. The summed E-state index contributed by atoms with van der Waals surface area (Å²) in [7, 11) is 1.57. The Morgan fingerprint density at radius 3 is 2.42 bits per heavy atom. The van der Waals surface area contributed by atoms with Crippen LogP contribution >= 0.6 is 12.4 Å². The minimum atomic E-state index is -0.890. The van der Waals surface area contributed by atoms with Crippen LogP contribution in [0.15, 0.2) is 0 Å².